The maximum atomic E-state index is 13.4. The molecule has 0 saturated carbocycles. The zero-order valence-electron chi connectivity index (χ0n) is 11.0. The molecule has 1 aromatic carbocycles. The molecule has 0 radical (unpaired) electrons. The Bertz CT molecular complexity index is 597. The molecule has 0 unspecified atom stereocenters. The lowest BCUT2D eigenvalue weighted by atomic mass is 10.1. The summed E-state index contributed by atoms with van der Waals surface area (Å²) in [6.45, 7) is 2.86. The Morgan fingerprint density at radius 3 is 2.53 bits per heavy atom. The van der Waals surface area contributed by atoms with Crippen molar-refractivity contribution < 1.29 is 17.6 Å². The van der Waals surface area contributed by atoms with Crippen LogP contribution in [0.4, 0.5) is 10.1 Å². The summed E-state index contributed by atoms with van der Waals surface area (Å²) in [6.07, 6.45) is 1.08. The van der Waals surface area contributed by atoms with Gasteiger partial charge in [-0.1, -0.05) is 0 Å². The summed E-state index contributed by atoms with van der Waals surface area (Å²) in [6, 6.07) is 3.64. The second-order valence-electron chi connectivity index (χ2n) is 4.95. The van der Waals surface area contributed by atoms with E-state index in [2.05, 4.69) is 5.32 Å². The van der Waals surface area contributed by atoms with Gasteiger partial charge in [-0.15, -0.1) is 0 Å². The molecule has 0 bridgehead atoms. The van der Waals surface area contributed by atoms with Crippen LogP contribution in [0.25, 0.3) is 0 Å². The number of carbonyl (C=O) groups is 1. The molecular formula is C12H17FN2O3S. The van der Waals surface area contributed by atoms with Crippen LogP contribution in [0.5, 0.6) is 0 Å². The lowest BCUT2D eigenvalue weighted by Crippen LogP contribution is -2.43. The van der Waals surface area contributed by atoms with Crippen molar-refractivity contribution >= 4 is 21.4 Å². The van der Waals surface area contributed by atoms with Crippen LogP contribution in [0.1, 0.15) is 24.2 Å². The number of hydrogen-bond acceptors (Lipinski definition) is 4. The lowest BCUT2D eigenvalue weighted by molar-refractivity contribution is 0.0946. The first-order valence-electron chi connectivity index (χ1n) is 5.57. The first kappa shape index (κ1) is 15.4. The summed E-state index contributed by atoms with van der Waals surface area (Å²) in [4.78, 5) is 11.8. The first-order chi connectivity index (χ1) is 8.54. The van der Waals surface area contributed by atoms with Crippen molar-refractivity contribution in [1.29, 1.82) is 0 Å². The van der Waals surface area contributed by atoms with Gasteiger partial charge in [-0.25, -0.2) is 12.8 Å². The highest BCUT2D eigenvalue weighted by Gasteiger charge is 2.30. The highest BCUT2D eigenvalue weighted by atomic mass is 32.2. The van der Waals surface area contributed by atoms with Crippen LogP contribution in [0.15, 0.2) is 18.2 Å². The highest BCUT2D eigenvalue weighted by Crippen LogP contribution is 2.15. The van der Waals surface area contributed by atoms with Crippen molar-refractivity contribution in [3.63, 3.8) is 0 Å². The van der Waals surface area contributed by atoms with Crippen molar-refractivity contribution in [2.24, 2.45) is 0 Å². The molecule has 0 spiro atoms. The number of benzene rings is 1. The Morgan fingerprint density at radius 2 is 2.00 bits per heavy atom. The minimum Gasteiger partial charge on any atom is -0.399 e. The number of hydrogen-bond donors (Lipinski definition) is 2. The minimum atomic E-state index is -3.33. The fraction of sp³-hybridized carbons (Fsp3) is 0.417. The van der Waals surface area contributed by atoms with Crippen LogP contribution in [0, 0.1) is 5.82 Å². The maximum Gasteiger partial charge on any atom is 0.254 e. The Hall–Kier alpha value is -1.63. The Morgan fingerprint density at radius 1 is 1.42 bits per heavy atom. The third-order valence-electron chi connectivity index (χ3n) is 2.91. The first-order valence-corrected chi connectivity index (χ1v) is 7.46. The van der Waals surface area contributed by atoms with Crippen molar-refractivity contribution in [2.75, 3.05) is 18.5 Å². The fourth-order valence-corrected chi connectivity index (χ4v) is 1.57. The number of nitrogens with two attached hydrogens (primary N) is 1. The number of anilines is 1. The van der Waals surface area contributed by atoms with Gasteiger partial charge in [0.2, 0.25) is 0 Å². The number of halogens is 1. The van der Waals surface area contributed by atoms with E-state index >= 15 is 0 Å². The lowest BCUT2D eigenvalue weighted by Gasteiger charge is -2.22. The minimum absolute atomic E-state index is 0.112. The average Bonchev–Trinajstić information content (AvgIpc) is 2.28. The second kappa shape index (κ2) is 5.16. The van der Waals surface area contributed by atoms with Gasteiger partial charge in [0.25, 0.3) is 5.91 Å². The Labute approximate surface area is 111 Å². The molecule has 0 aliphatic rings. The van der Waals surface area contributed by atoms with E-state index in [1.54, 1.807) is 0 Å². The molecule has 5 nitrogen and oxygen atoms in total. The molecule has 1 aromatic rings. The zero-order valence-corrected chi connectivity index (χ0v) is 11.8. The van der Waals surface area contributed by atoms with Gasteiger partial charge in [0.15, 0.2) is 9.84 Å². The monoisotopic (exact) mass is 288 g/mol. The molecule has 0 aromatic heterocycles. The van der Waals surface area contributed by atoms with Gasteiger partial charge in [-0.2, -0.15) is 0 Å². The number of amides is 1. The fourth-order valence-electron chi connectivity index (χ4n) is 1.24. The molecule has 0 fully saturated rings. The van der Waals surface area contributed by atoms with Crippen molar-refractivity contribution in [1.82, 2.24) is 5.32 Å². The molecule has 1 rings (SSSR count). The molecule has 0 aliphatic carbocycles. The number of nitrogen functional groups attached to an aromatic ring is 1. The smallest absolute Gasteiger partial charge is 0.254 e. The molecule has 0 heterocycles. The number of rotatable bonds is 4. The quantitative estimate of drug-likeness (QED) is 0.808. The molecule has 0 saturated heterocycles. The molecule has 3 N–H and O–H groups in total. The summed E-state index contributed by atoms with van der Waals surface area (Å²) in [5.74, 6) is -1.40. The zero-order chi connectivity index (χ0) is 14.8. The van der Waals surface area contributed by atoms with Crippen molar-refractivity contribution in [3.8, 4) is 0 Å². The van der Waals surface area contributed by atoms with Gasteiger partial charge < -0.3 is 11.1 Å². The normalized spacial score (nSPS) is 12.2. The van der Waals surface area contributed by atoms with Crippen LogP contribution < -0.4 is 11.1 Å². The van der Waals surface area contributed by atoms with Crippen LogP contribution in [0.3, 0.4) is 0 Å². The molecule has 19 heavy (non-hydrogen) atoms. The largest absolute Gasteiger partial charge is 0.399 e. The van der Waals surface area contributed by atoms with Crippen LogP contribution in [-0.2, 0) is 9.84 Å². The van der Waals surface area contributed by atoms with Crippen LogP contribution in [-0.4, -0.2) is 31.9 Å². The maximum absolute atomic E-state index is 13.4. The molecule has 106 valence electrons. The van der Waals surface area contributed by atoms with Crippen molar-refractivity contribution in [3.05, 3.63) is 29.6 Å². The summed E-state index contributed by atoms with van der Waals surface area (Å²) >= 11 is 0. The molecule has 0 aliphatic heterocycles. The Balaban J connectivity index is 2.85. The summed E-state index contributed by atoms with van der Waals surface area (Å²) in [5.41, 5.74) is 5.53. The second-order valence-corrected chi connectivity index (χ2v) is 7.60. The summed E-state index contributed by atoms with van der Waals surface area (Å²) in [5, 5.41) is 2.40. The van der Waals surface area contributed by atoms with Gasteiger partial charge in [0.05, 0.1) is 10.3 Å². The van der Waals surface area contributed by atoms with Gasteiger partial charge in [-0.05, 0) is 32.0 Å². The molecule has 7 heteroatoms. The van der Waals surface area contributed by atoms with E-state index in [-0.39, 0.29) is 17.8 Å². The van der Waals surface area contributed by atoms with Gasteiger partial charge in [0.1, 0.15) is 5.82 Å². The third kappa shape index (κ3) is 3.66. The highest BCUT2D eigenvalue weighted by molar-refractivity contribution is 7.92. The number of sulfone groups is 1. The number of nitrogens with one attached hydrogen (secondary N) is 1. The van der Waals surface area contributed by atoms with E-state index < -0.39 is 26.3 Å². The van der Waals surface area contributed by atoms with Gasteiger partial charge in [-0.3, -0.25) is 4.79 Å². The number of carbonyl (C=O) groups excluding carboxylic acids is 1. The van der Waals surface area contributed by atoms with Crippen LogP contribution >= 0.6 is 0 Å². The molecule has 0 atom stereocenters. The summed E-state index contributed by atoms with van der Waals surface area (Å²) in [7, 11) is -3.33. The topological polar surface area (TPSA) is 89.3 Å². The van der Waals surface area contributed by atoms with E-state index in [1.807, 2.05) is 0 Å². The van der Waals surface area contributed by atoms with E-state index in [9.17, 15) is 17.6 Å². The molecular weight excluding hydrogens is 271 g/mol. The van der Waals surface area contributed by atoms with Crippen LogP contribution in [0.2, 0.25) is 0 Å². The third-order valence-corrected chi connectivity index (χ3v) is 5.07. The van der Waals surface area contributed by atoms with Gasteiger partial charge in [0, 0.05) is 18.5 Å². The molecule has 1 amide bonds. The summed E-state index contributed by atoms with van der Waals surface area (Å²) < 4.78 is 35.3. The van der Waals surface area contributed by atoms with E-state index in [1.165, 1.54) is 26.0 Å². The van der Waals surface area contributed by atoms with E-state index in [0.29, 0.717) is 0 Å². The standard InChI is InChI=1S/C12H17FN2O3S/c1-12(2,19(3,17)18)7-15-11(16)9-6-8(14)4-5-10(9)13/h4-6H,7,14H2,1-3H3,(H,15,16). The van der Waals surface area contributed by atoms with E-state index in [4.69, 9.17) is 5.73 Å². The Kier molecular flexibility index (Phi) is 4.19. The van der Waals surface area contributed by atoms with Gasteiger partial charge >= 0.3 is 0 Å². The SMILES string of the molecule is CC(C)(CNC(=O)c1cc(N)ccc1F)S(C)(=O)=O. The van der Waals surface area contributed by atoms with Crippen molar-refractivity contribution in [2.45, 2.75) is 18.6 Å². The predicted octanol–water partition coefficient (Wildman–Crippen LogP) is 0.961. The average molecular weight is 288 g/mol. The predicted molar refractivity (Wildman–Crippen MR) is 72.1 cm³/mol. The van der Waals surface area contributed by atoms with E-state index in [0.717, 1.165) is 12.3 Å².